The highest BCUT2D eigenvalue weighted by Gasteiger charge is 2.24. The number of hydrogen-bond acceptors (Lipinski definition) is 3. The molecule has 3 nitrogen and oxygen atoms in total. The summed E-state index contributed by atoms with van der Waals surface area (Å²) < 4.78 is 5.26. The van der Waals surface area contributed by atoms with Crippen LogP contribution in [0.3, 0.4) is 0 Å². The molecule has 0 spiro atoms. The molecule has 0 bridgehead atoms. The smallest absolute Gasteiger partial charge is 0.0841 e. The highest BCUT2D eigenvalue weighted by Crippen LogP contribution is 2.28. The van der Waals surface area contributed by atoms with E-state index in [0.29, 0.717) is 13.2 Å². The second kappa shape index (κ2) is 4.75. The van der Waals surface area contributed by atoms with Crippen LogP contribution < -0.4 is 5.73 Å². The standard InChI is InChI=1S/C12H17NO2/c13-7-9-1-3-10(4-2-9)12(14)11-5-6-15-8-11/h1-4,11-12,14H,5-8,13H2. The molecule has 2 unspecified atom stereocenters. The molecular weight excluding hydrogens is 190 g/mol. The minimum atomic E-state index is -0.403. The summed E-state index contributed by atoms with van der Waals surface area (Å²) in [5.74, 6) is 0.244. The van der Waals surface area contributed by atoms with Crippen LogP contribution in [0.2, 0.25) is 0 Å². The molecular formula is C12H17NO2. The summed E-state index contributed by atoms with van der Waals surface area (Å²) in [5.41, 5.74) is 7.57. The quantitative estimate of drug-likeness (QED) is 0.783. The molecule has 3 heteroatoms. The molecule has 1 saturated heterocycles. The molecule has 3 N–H and O–H groups in total. The van der Waals surface area contributed by atoms with Gasteiger partial charge >= 0.3 is 0 Å². The molecule has 0 aromatic heterocycles. The molecule has 15 heavy (non-hydrogen) atoms. The molecule has 2 atom stereocenters. The van der Waals surface area contributed by atoms with E-state index in [1.54, 1.807) is 0 Å². The zero-order chi connectivity index (χ0) is 10.7. The van der Waals surface area contributed by atoms with Gasteiger partial charge in [0.25, 0.3) is 0 Å². The van der Waals surface area contributed by atoms with Gasteiger partial charge in [-0.05, 0) is 17.5 Å². The Morgan fingerprint density at radius 1 is 1.40 bits per heavy atom. The fourth-order valence-electron chi connectivity index (χ4n) is 1.92. The first-order chi connectivity index (χ1) is 7.31. The van der Waals surface area contributed by atoms with Gasteiger partial charge in [0.1, 0.15) is 0 Å². The van der Waals surface area contributed by atoms with Crippen LogP contribution in [0.25, 0.3) is 0 Å². The lowest BCUT2D eigenvalue weighted by Crippen LogP contribution is -2.12. The van der Waals surface area contributed by atoms with Crippen LogP contribution in [-0.4, -0.2) is 18.3 Å². The van der Waals surface area contributed by atoms with Crippen LogP contribution in [0.4, 0.5) is 0 Å². The van der Waals surface area contributed by atoms with Crippen molar-refractivity contribution in [2.75, 3.05) is 13.2 Å². The van der Waals surface area contributed by atoms with Crippen LogP contribution in [0, 0.1) is 5.92 Å². The highest BCUT2D eigenvalue weighted by atomic mass is 16.5. The number of aliphatic hydroxyl groups is 1. The lowest BCUT2D eigenvalue weighted by molar-refractivity contribution is 0.0918. The SMILES string of the molecule is NCc1ccc(C(O)C2CCOC2)cc1. The van der Waals surface area contributed by atoms with Crippen LogP contribution in [0.15, 0.2) is 24.3 Å². The zero-order valence-electron chi connectivity index (χ0n) is 8.73. The number of ether oxygens (including phenoxy) is 1. The predicted octanol–water partition coefficient (Wildman–Crippen LogP) is 1.22. The Kier molecular flexibility index (Phi) is 3.36. The fraction of sp³-hybridized carbons (Fsp3) is 0.500. The Labute approximate surface area is 89.9 Å². The minimum Gasteiger partial charge on any atom is -0.388 e. The van der Waals surface area contributed by atoms with E-state index in [9.17, 15) is 5.11 Å². The molecule has 1 aliphatic heterocycles. The second-order valence-corrected chi connectivity index (χ2v) is 4.01. The maximum absolute atomic E-state index is 10.1. The summed E-state index contributed by atoms with van der Waals surface area (Å²) in [6.07, 6.45) is 0.541. The third kappa shape index (κ3) is 2.37. The van der Waals surface area contributed by atoms with Crippen molar-refractivity contribution >= 4 is 0 Å². The van der Waals surface area contributed by atoms with Crippen molar-refractivity contribution in [1.29, 1.82) is 0 Å². The van der Waals surface area contributed by atoms with E-state index < -0.39 is 6.10 Å². The summed E-state index contributed by atoms with van der Waals surface area (Å²) in [7, 11) is 0. The Morgan fingerprint density at radius 2 is 2.13 bits per heavy atom. The first-order valence-corrected chi connectivity index (χ1v) is 5.36. The Balaban J connectivity index is 2.07. The van der Waals surface area contributed by atoms with Crippen LogP contribution in [0.5, 0.6) is 0 Å². The second-order valence-electron chi connectivity index (χ2n) is 4.01. The van der Waals surface area contributed by atoms with Gasteiger partial charge in [-0.1, -0.05) is 24.3 Å². The molecule has 1 fully saturated rings. The Hall–Kier alpha value is -0.900. The van der Waals surface area contributed by atoms with E-state index in [4.69, 9.17) is 10.5 Å². The first-order valence-electron chi connectivity index (χ1n) is 5.36. The van der Waals surface area contributed by atoms with Crippen molar-refractivity contribution in [3.63, 3.8) is 0 Å². The van der Waals surface area contributed by atoms with E-state index in [0.717, 1.165) is 24.2 Å². The van der Waals surface area contributed by atoms with Gasteiger partial charge in [-0.3, -0.25) is 0 Å². The van der Waals surface area contributed by atoms with Crippen LogP contribution in [0.1, 0.15) is 23.7 Å². The Morgan fingerprint density at radius 3 is 2.67 bits per heavy atom. The number of benzene rings is 1. The monoisotopic (exact) mass is 207 g/mol. The lowest BCUT2D eigenvalue weighted by atomic mass is 9.94. The summed E-state index contributed by atoms with van der Waals surface area (Å²) in [6.45, 7) is 1.98. The summed E-state index contributed by atoms with van der Waals surface area (Å²) >= 11 is 0. The van der Waals surface area contributed by atoms with E-state index in [-0.39, 0.29) is 5.92 Å². The maximum Gasteiger partial charge on any atom is 0.0841 e. The fourth-order valence-corrected chi connectivity index (χ4v) is 1.92. The van der Waals surface area contributed by atoms with E-state index in [1.807, 2.05) is 24.3 Å². The molecule has 0 amide bonds. The molecule has 0 radical (unpaired) electrons. The van der Waals surface area contributed by atoms with Crippen molar-refractivity contribution < 1.29 is 9.84 Å². The van der Waals surface area contributed by atoms with Gasteiger partial charge in [0.15, 0.2) is 0 Å². The van der Waals surface area contributed by atoms with Crippen molar-refractivity contribution in [3.05, 3.63) is 35.4 Å². The zero-order valence-corrected chi connectivity index (χ0v) is 8.73. The molecule has 1 aromatic rings. The topological polar surface area (TPSA) is 55.5 Å². The van der Waals surface area contributed by atoms with Gasteiger partial charge in [-0.25, -0.2) is 0 Å². The van der Waals surface area contributed by atoms with Crippen molar-refractivity contribution in [2.45, 2.75) is 19.1 Å². The van der Waals surface area contributed by atoms with Gasteiger partial charge in [-0.2, -0.15) is 0 Å². The largest absolute Gasteiger partial charge is 0.388 e. The van der Waals surface area contributed by atoms with Crippen molar-refractivity contribution in [2.24, 2.45) is 11.7 Å². The van der Waals surface area contributed by atoms with Gasteiger partial charge in [0.2, 0.25) is 0 Å². The van der Waals surface area contributed by atoms with Crippen LogP contribution in [-0.2, 0) is 11.3 Å². The van der Waals surface area contributed by atoms with E-state index in [1.165, 1.54) is 0 Å². The average Bonchev–Trinajstić information content (AvgIpc) is 2.82. The van der Waals surface area contributed by atoms with E-state index in [2.05, 4.69) is 0 Å². The van der Waals surface area contributed by atoms with Gasteiger partial charge < -0.3 is 15.6 Å². The molecule has 82 valence electrons. The summed E-state index contributed by atoms with van der Waals surface area (Å²) in [6, 6.07) is 7.83. The highest BCUT2D eigenvalue weighted by molar-refractivity contribution is 5.24. The van der Waals surface area contributed by atoms with Gasteiger partial charge in [0.05, 0.1) is 12.7 Å². The lowest BCUT2D eigenvalue weighted by Gasteiger charge is -2.16. The molecule has 1 aromatic carbocycles. The number of aliphatic hydroxyl groups excluding tert-OH is 1. The number of hydrogen-bond donors (Lipinski definition) is 2. The molecule has 1 heterocycles. The minimum absolute atomic E-state index is 0.244. The molecule has 2 rings (SSSR count). The average molecular weight is 207 g/mol. The molecule has 0 saturated carbocycles. The Bertz CT molecular complexity index is 304. The summed E-state index contributed by atoms with van der Waals surface area (Å²) in [5, 5.41) is 10.1. The van der Waals surface area contributed by atoms with Gasteiger partial charge in [0, 0.05) is 19.1 Å². The van der Waals surface area contributed by atoms with Gasteiger partial charge in [-0.15, -0.1) is 0 Å². The van der Waals surface area contributed by atoms with E-state index >= 15 is 0 Å². The third-order valence-corrected chi connectivity index (χ3v) is 2.97. The number of nitrogens with two attached hydrogens (primary N) is 1. The molecule has 1 aliphatic rings. The predicted molar refractivity (Wildman–Crippen MR) is 58.2 cm³/mol. The first kappa shape index (κ1) is 10.6. The van der Waals surface area contributed by atoms with Crippen molar-refractivity contribution in [3.8, 4) is 0 Å². The molecule has 0 aliphatic carbocycles. The summed E-state index contributed by atoms with van der Waals surface area (Å²) in [4.78, 5) is 0. The number of rotatable bonds is 3. The normalized spacial score (nSPS) is 22.9. The third-order valence-electron chi connectivity index (χ3n) is 2.97. The van der Waals surface area contributed by atoms with Crippen LogP contribution >= 0.6 is 0 Å². The maximum atomic E-state index is 10.1. The van der Waals surface area contributed by atoms with Crippen molar-refractivity contribution in [1.82, 2.24) is 0 Å².